The van der Waals surface area contributed by atoms with Gasteiger partial charge in [-0.15, -0.1) is 0 Å². The molecule has 0 saturated carbocycles. The number of nitrogens with one attached hydrogen (secondary N) is 1. The van der Waals surface area contributed by atoms with Crippen LogP contribution in [0, 0.1) is 5.92 Å². The van der Waals surface area contributed by atoms with Gasteiger partial charge >= 0.3 is 5.76 Å². The van der Waals surface area contributed by atoms with Gasteiger partial charge in [0, 0.05) is 5.69 Å². The van der Waals surface area contributed by atoms with Gasteiger partial charge in [-0.05, 0) is 30.2 Å². The molecule has 2 N–H and O–H groups in total. The summed E-state index contributed by atoms with van der Waals surface area (Å²) in [5.41, 5.74) is 0.570. The molecule has 1 aromatic rings. The second kappa shape index (κ2) is 6.29. The van der Waals surface area contributed by atoms with Crippen molar-refractivity contribution in [3.05, 3.63) is 24.3 Å². The molecule has 0 aliphatic heterocycles. The average Bonchev–Trinajstić information content (AvgIpc) is 2.35. The lowest BCUT2D eigenvalue weighted by Gasteiger charge is -2.21. The maximum Gasteiger partial charge on any atom is 0.341 e. The van der Waals surface area contributed by atoms with Crippen molar-refractivity contribution in [2.75, 3.05) is 11.9 Å². The first kappa shape index (κ1) is 15.8. The summed E-state index contributed by atoms with van der Waals surface area (Å²) < 4.78 is 47.1. The fourth-order valence-corrected chi connectivity index (χ4v) is 2.20. The number of hydrogen-bond donors (Lipinski definition) is 2. The monoisotopic (exact) mass is 293 g/mol. The molecule has 108 valence electrons. The van der Waals surface area contributed by atoms with Crippen LogP contribution in [0.3, 0.4) is 0 Å². The highest BCUT2D eigenvalue weighted by Crippen LogP contribution is 2.21. The number of aliphatic hydroxyl groups excluding tert-OH is 1. The molecule has 19 heavy (non-hydrogen) atoms. The van der Waals surface area contributed by atoms with Gasteiger partial charge in [0.05, 0.1) is 17.5 Å². The highest BCUT2D eigenvalue weighted by Gasteiger charge is 2.26. The van der Waals surface area contributed by atoms with Crippen LogP contribution in [0.25, 0.3) is 0 Å². The van der Waals surface area contributed by atoms with Crippen molar-refractivity contribution in [1.29, 1.82) is 0 Å². The Bertz CT molecular complexity index is 500. The van der Waals surface area contributed by atoms with Crippen LogP contribution in [0.2, 0.25) is 0 Å². The number of alkyl halides is 2. The fourth-order valence-electron chi connectivity index (χ4n) is 1.48. The van der Waals surface area contributed by atoms with Crippen LogP contribution in [0.15, 0.2) is 29.2 Å². The molecule has 4 nitrogen and oxygen atoms in total. The van der Waals surface area contributed by atoms with Crippen LogP contribution in [0.4, 0.5) is 14.5 Å². The predicted molar refractivity (Wildman–Crippen MR) is 69.0 cm³/mol. The molecule has 1 rings (SSSR count). The lowest BCUT2D eigenvalue weighted by Crippen LogP contribution is -2.29. The summed E-state index contributed by atoms with van der Waals surface area (Å²) in [5, 5.41) is 12.2. The van der Waals surface area contributed by atoms with Crippen molar-refractivity contribution in [3.8, 4) is 0 Å². The first-order valence-electron chi connectivity index (χ1n) is 5.78. The third kappa shape index (κ3) is 3.87. The van der Waals surface area contributed by atoms with Gasteiger partial charge in [0.25, 0.3) is 0 Å². The van der Waals surface area contributed by atoms with Gasteiger partial charge in [0.2, 0.25) is 9.84 Å². The Hall–Kier alpha value is -1.21. The van der Waals surface area contributed by atoms with E-state index in [1.165, 1.54) is 12.1 Å². The van der Waals surface area contributed by atoms with Gasteiger partial charge in [-0.25, -0.2) is 8.42 Å². The summed E-state index contributed by atoms with van der Waals surface area (Å²) >= 11 is 0. The summed E-state index contributed by atoms with van der Waals surface area (Å²) in [6.45, 7) is 3.77. The molecule has 1 aromatic carbocycles. The van der Waals surface area contributed by atoms with Gasteiger partial charge in [0.15, 0.2) is 0 Å². The number of anilines is 1. The second-order valence-electron chi connectivity index (χ2n) is 4.51. The van der Waals surface area contributed by atoms with E-state index in [-0.39, 0.29) is 18.6 Å². The Labute approximate surface area is 111 Å². The average molecular weight is 293 g/mol. The van der Waals surface area contributed by atoms with Crippen molar-refractivity contribution in [2.45, 2.75) is 30.5 Å². The first-order valence-corrected chi connectivity index (χ1v) is 7.33. The molecular weight excluding hydrogens is 276 g/mol. The number of hydrogen-bond acceptors (Lipinski definition) is 4. The van der Waals surface area contributed by atoms with Crippen molar-refractivity contribution in [3.63, 3.8) is 0 Å². The maximum atomic E-state index is 12.3. The first-order chi connectivity index (χ1) is 8.78. The maximum absolute atomic E-state index is 12.3. The molecule has 0 fully saturated rings. The van der Waals surface area contributed by atoms with E-state index in [9.17, 15) is 17.2 Å². The summed E-state index contributed by atoms with van der Waals surface area (Å²) in [6, 6.07) is 4.87. The molecule has 0 aliphatic carbocycles. The van der Waals surface area contributed by atoms with Crippen LogP contribution in [0.5, 0.6) is 0 Å². The number of aliphatic hydroxyl groups is 1. The molecule has 0 aromatic heterocycles. The topological polar surface area (TPSA) is 66.4 Å². The van der Waals surface area contributed by atoms with Gasteiger partial charge in [-0.1, -0.05) is 13.8 Å². The van der Waals surface area contributed by atoms with E-state index < -0.39 is 20.5 Å². The zero-order valence-electron chi connectivity index (χ0n) is 10.7. The highest BCUT2D eigenvalue weighted by molar-refractivity contribution is 7.91. The SMILES string of the molecule is CC(C)C(CO)Nc1ccc(S(=O)(=O)C(F)F)cc1. The molecule has 0 bridgehead atoms. The quantitative estimate of drug-likeness (QED) is 0.843. The van der Waals surface area contributed by atoms with E-state index >= 15 is 0 Å². The minimum absolute atomic E-state index is 0.0747. The van der Waals surface area contributed by atoms with Crippen LogP contribution >= 0.6 is 0 Å². The van der Waals surface area contributed by atoms with E-state index in [2.05, 4.69) is 5.32 Å². The smallest absolute Gasteiger partial charge is 0.341 e. The predicted octanol–water partition coefficient (Wildman–Crippen LogP) is 2.11. The van der Waals surface area contributed by atoms with Gasteiger partial charge in [-0.2, -0.15) is 8.78 Å². The van der Waals surface area contributed by atoms with Crippen molar-refractivity contribution in [1.82, 2.24) is 0 Å². The van der Waals surface area contributed by atoms with Crippen LogP contribution in [0.1, 0.15) is 13.8 Å². The van der Waals surface area contributed by atoms with Crippen molar-refractivity contribution >= 4 is 15.5 Å². The van der Waals surface area contributed by atoms with E-state index in [4.69, 9.17) is 5.11 Å². The number of rotatable bonds is 6. The number of sulfone groups is 1. The highest BCUT2D eigenvalue weighted by atomic mass is 32.2. The molecule has 0 radical (unpaired) electrons. The second-order valence-corrected chi connectivity index (χ2v) is 6.43. The largest absolute Gasteiger partial charge is 0.394 e. The molecule has 1 atom stereocenters. The number of halogens is 2. The molecule has 0 heterocycles. The standard InChI is InChI=1S/C12H17F2NO3S/c1-8(2)11(7-16)15-9-3-5-10(6-4-9)19(17,18)12(13)14/h3-6,8,11-12,15-16H,7H2,1-2H3. The lowest BCUT2D eigenvalue weighted by molar-refractivity contribution is 0.234. The van der Waals surface area contributed by atoms with Crippen LogP contribution in [-0.4, -0.2) is 31.9 Å². The summed E-state index contributed by atoms with van der Waals surface area (Å²) in [6.07, 6.45) is 0. The van der Waals surface area contributed by atoms with E-state index in [1.807, 2.05) is 13.8 Å². The molecular formula is C12H17F2NO3S. The van der Waals surface area contributed by atoms with E-state index in [0.717, 1.165) is 12.1 Å². The zero-order valence-corrected chi connectivity index (χ0v) is 11.5. The third-order valence-electron chi connectivity index (χ3n) is 2.77. The molecule has 0 aliphatic rings. The van der Waals surface area contributed by atoms with Gasteiger partial charge < -0.3 is 10.4 Å². The normalized spacial score (nSPS) is 13.8. The van der Waals surface area contributed by atoms with Crippen LogP contribution < -0.4 is 5.32 Å². The van der Waals surface area contributed by atoms with E-state index in [1.54, 1.807) is 0 Å². The Morgan fingerprint density at radius 3 is 2.11 bits per heavy atom. The Balaban J connectivity index is 2.89. The van der Waals surface area contributed by atoms with Gasteiger partial charge in [-0.3, -0.25) is 0 Å². The minimum Gasteiger partial charge on any atom is -0.394 e. The molecule has 0 amide bonds. The molecule has 0 saturated heterocycles. The molecule has 7 heteroatoms. The summed E-state index contributed by atoms with van der Waals surface area (Å²) in [5.74, 6) is -3.25. The lowest BCUT2D eigenvalue weighted by atomic mass is 10.1. The van der Waals surface area contributed by atoms with Gasteiger partial charge in [0.1, 0.15) is 0 Å². The fraction of sp³-hybridized carbons (Fsp3) is 0.500. The van der Waals surface area contributed by atoms with Crippen LogP contribution in [-0.2, 0) is 9.84 Å². The Morgan fingerprint density at radius 1 is 1.21 bits per heavy atom. The van der Waals surface area contributed by atoms with E-state index in [0.29, 0.717) is 5.69 Å². The summed E-state index contributed by atoms with van der Waals surface area (Å²) in [7, 11) is -4.55. The number of benzene rings is 1. The Kier molecular flexibility index (Phi) is 5.25. The third-order valence-corrected chi connectivity index (χ3v) is 4.17. The van der Waals surface area contributed by atoms with Crippen molar-refractivity contribution < 1.29 is 22.3 Å². The minimum atomic E-state index is -4.55. The molecule has 0 spiro atoms. The Morgan fingerprint density at radius 2 is 1.74 bits per heavy atom. The summed E-state index contributed by atoms with van der Waals surface area (Å²) in [4.78, 5) is -0.418. The molecule has 1 unspecified atom stereocenters. The zero-order chi connectivity index (χ0) is 14.6. The van der Waals surface area contributed by atoms with Crippen molar-refractivity contribution in [2.24, 2.45) is 5.92 Å².